The molecule has 37 heavy (non-hydrogen) atoms. The van der Waals surface area contributed by atoms with Gasteiger partial charge in [0.05, 0.1) is 29.0 Å². The van der Waals surface area contributed by atoms with Crippen molar-refractivity contribution < 1.29 is 9.90 Å². The zero-order valence-corrected chi connectivity index (χ0v) is 21.1. The first-order valence-electron chi connectivity index (χ1n) is 12.3. The van der Waals surface area contributed by atoms with Crippen LogP contribution >= 0.6 is 0 Å². The van der Waals surface area contributed by atoms with Gasteiger partial charge in [-0.3, -0.25) is 0 Å². The molecule has 1 unspecified atom stereocenters. The Labute approximate surface area is 215 Å². The van der Waals surface area contributed by atoms with Crippen molar-refractivity contribution in [3.05, 3.63) is 101 Å². The zero-order chi connectivity index (χ0) is 25.9. The average Bonchev–Trinajstić information content (AvgIpc) is 3.51. The highest BCUT2D eigenvalue weighted by atomic mass is 16.4. The van der Waals surface area contributed by atoms with E-state index in [4.69, 9.17) is 0 Å². The first-order valence-corrected chi connectivity index (χ1v) is 12.3. The highest BCUT2D eigenvalue weighted by molar-refractivity contribution is 5.79. The second-order valence-electron chi connectivity index (χ2n) is 9.39. The number of carboxylic acids is 1. The van der Waals surface area contributed by atoms with Crippen molar-refractivity contribution in [2.24, 2.45) is 0 Å². The van der Waals surface area contributed by atoms with Crippen molar-refractivity contribution in [3.63, 3.8) is 0 Å². The predicted molar refractivity (Wildman–Crippen MR) is 146 cm³/mol. The SMILES string of the molecule is Cc1cc(C)c(NC(Cc2ccc(-n3ccc(CNc4nc5ccccc5[nH]4)n3)cc2)C(=O)O)c(C)c1. The van der Waals surface area contributed by atoms with Crippen LogP contribution < -0.4 is 10.6 Å². The van der Waals surface area contributed by atoms with E-state index in [1.54, 1.807) is 0 Å². The number of carbonyl (C=O) groups is 1. The van der Waals surface area contributed by atoms with Gasteiger partial charge in [0.25, 0.3) is 0 Å². The average molecular weight is 495 g/mol. The van der Waals surface area contributed by atoms with E-state index in [1.807, 2.05) is 86.2 Å². The van der Waals surface area contributed by atoms with Crippen LogP contribution in [-0.4, -0.2) is 36.9 Å². The number of nitrogens with one attached hydrogen (secondary N) is 3. The number of aromatic nitrogens is 4. The maximum atomic E-state index is 12.0. The largest absolute Gasteiger partial charge is 0.480 e. The normalized spacial score (nSPS) is 12.0. The Morgan fingerprint density at radius 3 is 2.46 bits per heavy atom. The van der Waals surface area contributed by atoms with E-state index in [9.17, 15) is 9.90 Å². The van der Waals surface area contributed by atoms with Gasteiger partial charge in [-0.2, -0.15) is 5.10 Å². The first kappa shape index (κ1) is 24.1. The van der Waals surface area contributed by atoms with Crippen molar-refractivity contribution in [2.45, 2.75) is 39.8 Å². The van der Waals surface area contributed by atoms with Crippen molar-refractivity contribution in [2.75, 3.05) is 10.6 Å². The number of carboxylic acid groups (broad SMARTS) is 1. The molecule has 5 aromatic rings. The molecule has 1 atom stereocenters. The molecule has 8 nitrogen and oxygen atoms in total. The van der Waals surface area contributed by atoms with Crippen molar-refractivity contribution in [1.29, 1.82) is 0 Å². The molecular weight excluding hydrogens is 464 g/mol. The van der Waals surface area contributed by atoms with Crippen LogP contribution in [0.15, 0.2) is 72.9 Å². The summed E-state index contributed by atoms with van der Waals surface area (Å²) < 4.78 is 1.81. The van der Waals surface area contributed by atoms with Gasteiger partial charge in [-0.1, -0.05) is 42.0 Å². The second-order valence-corrected chi connectivity index (χ2v) is 9.39. The molecule has 0 spiro atoms. The fourth-order valence-corrected chi connectivity index (χ4v) is 4.61. The fraction of sp³-hybridized carbons (Fsp3) is 0.207. The van der Waals surface area contributed by atoms with Crippen LogP contribution in [0.4, 0.5) is 11.6 Å². The van der Waals surface area contributed by atoms with Gasteiger partial charge in [-0.05, 0) is 67.8 Å². The van der Waals surface area contributed by atoms with E-state index < -0.39 is 12.0 Å². The molecule has 0 amide bonds. The predicted octanol–water partition coefficient (Wildman–Crippen LogP) is 5.39. The summed E-state index contributed by atoms with van der Waals surface area (Å²) in [7, 11) is 0. The standard InChI is InChI=1S/C29H30N6O2/c1-18-14-19(2)27(20(3)15-18)31-26(28(36)37)16-21-8-10-23(11-9-21)35-13-12-22(34-35)17-30-29-32-24-6-4-5-7-25(24)33-29/h4-15,26,31H,16-17H2,1-3H3,(H,36,37)(H2,30,32,33). The Hall–Kier alpha value is -4.59. The maximum absolute atomic E-state index is 12.0. The molecule has 0 fully saturated rings. The van der Waals surface area contributed by atoms with E-state index in [0.717, 1.165) is 50.4 Å². The van der Waals surface area contributed by atoms with Crippen LogP contribution in [0.25, 0.3) is 16.7 Å². The molecule has 188 valence electrons. The Morgan fingerprint density at radius 1 is 1.03 bits per heavy atom. The summed E-state index contributed by atoms with van der Waals surface area (Å²) in [4.78, 5) is 19.8. The Bertz CT molecular complexity index is 1490. The van der Waals surface area contributed by atoms with Gasteiger partial charge in [0, 0.05) is 18.3 Å². The Kier molecular flexibility index (Phi) is 6.64. The molecule has 2 aromatic heterocycles. The number of aliphatic carboxylic acids is 1. The lowest BCUT2D eigenvalue weighted by Crippen LogP contribution is -2.32. The van der Waals surface area contributed by atoms with Crippen LogP contribution in [0, 0.1) is 20.8 Å². The number of H-pyrrole nitrogens is 1. The molecule has 5 rings (SSSR count). The number of fused-ring (bicyclic) bond motifs is 1. The van der Waals surface area contributed by atoms with E-state index in [1.165, 1.54) is 0 Å². The number of rotatable bonds is 9. The topological polar surface area (TPSA) is 108 Å². The molecule has 0 saturated carbocycles. The fourth-order valence-electron chi connectivity index (χ4n) is 4.61. The Morgan fingerprint density at radius 2 is 1.76 bits per heavy atom. The van der Waals surface area contributed by atoms with Crippen molar-refractivity contribution >= 4 is 28.6 Å². The van der Waals surface area contributed by atoms with E-state index in [-0.39, 0.29) is 0 Å². The smallest absolute Gasteiger partial charge is 0.326 e. The summed E-state index contributed by atoms with van der Waals surface area (Å²) in [6.45, 7) is 6.58. The van der Waals surface area contributed by atoms with Crippen LogP contribution in [-0.2, 0) is 17.8 Å². The molecule has 8 heteroatoms. The number of anilines is 2. The molecule has 0 radical (unpaired) electrons. The minimum Gasteiger partial charge on any atom is -0.480 e. The lowest BCUT2D eigenvalue weighted by atomic mass is 10.0. The number of imidazole rings is 1. The van der Waals surface area contributed by atoms with Gasteiger partial charge in [-0.15, -0.1) is 0 Å². The maximum Gasteiger partial charge on any atom is 0.326 e. The summed E-state index contributed by atoms with van der Waals surface area (Å²) >= 11 is 0. The first-order chi connectivity index (χ1) is 17.9. The monoisotopic (exact) mass is 494 g/mol. The lowest BCUT2D eigenvalue weighted by molar-refractivity contribution is -0.137. The van der Waals surface area contributed by atoms with Gasteiger partial charge in [0.2, 0.25) is 5.95 Å². The molecule has 0 aliphatic carbocycles. The van der Waals surface area contributed by atoms with Crippen molar-refractivity contribution in [3.8, 4) is 5.69 Å². The number of nitrogens with zero attached hydrogens (tertiary/aromatic N) is 3. The van der Waals surface area contributed by atoms with Gasteiger partial charge >= 0.3 is 5.97 Å². The third-order valence-electron chi connectivity index (χ3n) is 6.41. The summed E-state index contributed by atoms with van der Waals surface area (Å²) in [6, 6.07) is 21.1. The molecule has 4 N–H and O–H groups in total. The zero-order valence-electron chi connectivity index (χ0n) is 21.1. The third kappa shape index (κ3) is 5.48. The van der Waals surface area contributed by atoms with Gasteiger partial charge in [0.1, 0.15) is 6.04 Å². The Balaban J connectivity index is 1.23. The second kappa shape index (κ2) is 10.2. The molecule has 0 saturated heterocycles. The molecule has 2 heterocycles. The molecular formula is C29H30N6O2. The number of aryl methyl sites for hydroxylation is 3. The molecule has 0 aliphatic heterocycles. The number of aromatic amines is 1. The van der Waals surface area contributed by atoms with Gasteiger partial charge in [-0.25, -0.2) is 14.5 Å². The summed E-state index contributed by atoms with van der Waals surface area (Å²) in [5, 5.41) is 21.0. The molecule has 0 aliphatic rings. The lowest BCUT2D eigenvalue weighted by Gasteiger charge is -2.20. The number of para-hydroxylation sites is 2. The minimum absolute atomic E-state index is 0.369. The van der Waals surface area contributed by atoms with E-state index >= 15 is 0 Å². The van der Waals surface area contributed by atoms with Gasteiger partial charge in [0.15, 0.2) is 0 Å². The van der Waals surface area contributed by atoms with E-state index in [0.29, 0.717) is 18.9 Å². The highest BCUT2D eigenvalue weighted by Crippen LogP contribution is 2.24. The molecule has 0 bridgehead atoms. The summed E-state index contributed by atoms with van der Waals surface area (Å²) in [5.41, 5.74) is 8.76. The quantitative estimate of drug-likeness (QED) is 0.219. The van der Waals surface area contributed by atoms with Crippen LogP contribution in [0.1, 0.15) is 27.9 Å². The summed E-state index contributed by atoms with van der Waals surface area (Å²) in [5.74, 6) is -0.171. The minimum atomic E-state index is -0.878. The van der Waals surface area contributed by atoms with Crippen LogP contribution in [0.3, 0.4) is 0 Å². The molecule has 3 aromatic carbocycles. The number of hydrogen-bond acceptors (Lipinski definition) is 5. The van der Waals surface area contributed by atoms with Gasteiger partial charge < -0.3 is 20.7 Å². The van der Waals surface area contributed by atoms with Crippen molar-refractivity contribution in [1.82, 2.24) is 19.7 Å². The van der Waals surface area contributed by atoms with Crippen LogP contribution in [0.2, 0.25) is 0 Å². The van der Waals surface area contributed by atoms with Crippen LogP contribution in [0.5, 0.6) is 0 Å². The third-order valence-corrected chi connectivity index (χ3v) is 6.41. The highest BCUT2D eigenvalue weighted by Gasteiger charge is 2.20. The number of benzene rings is 3. The number of hydrogen-bond donors (Lipinski definition) is 4. The summed E-state index contributed by atoms with van der Waals surface area (Å²) in [6.07, 6.45) is 2.28. The van der Waals surface area contributed by atoms with E-state index in [2.05, 4.69) is 37.8 Å².